The first kappa shape index (κ1) is 31.2. The molecule has 2 unspecified atom stereocenters. The third-order valence-corrected chi connectivity index (χ3v) is 6.42. The van der Waals surface area contributed by atoms with Crippen molar-refractivity contribution in [3.05, 3.63) is 35.9 Å². The average molecular weight is 519 g/mol. The first-order chi connectivity index (χ1) is 17.0. The van der Waals surface area contributed by atoms with Gasteiger partial charge in [0.2, 0.25) is 11.8 Å². The molecule has 0 saturated heterocycles. The van der Waals surface area contributed by atoms with E-state index in [9.17, 15) is 28.8 Å². The molecule has 0 aromatic heterocycles. The highest BCUT2D eigenvalue weighted by atomic mass is 32.2. The van der Waals surface area contributed by atoms with Gasteiger partial charge in [0.15, 0.2) is 5.78 Å². The Labute approximate surface area is 217 Å². The second kappa shape index (κ2) is 16.8. The summed E-state index contributed by atoms with van der Waals surface area (Å²) >= 11 is 1.22. The van der Waals surface area contributed by atoms with Crippen LogP contribution in [0.5, 0.6) is 0 Å². The fourth-order valence-electron chi connectivity index (χ4n) is 3.54. The Hall–Kier alpha value is -2.81. The van der Waals surface area contributed by atoms with Crippen LogP contribution < -0.4 is 10.6 Å². The van der Waals surface area contributed by atoms with E-state index in [2.05, 4.69) is 10.6 Å². The van der Waals surface area contributed by atoms with Crippen molar-refractivity contribution in [1.82, 2.24) is 10.6 Å². The maximum Gasteiger partial charge on any atom is 0.224 e. The number of thioether (sulfide) groups is 1. The summed E-state index contributed by atoms with van der Waals surface area (Å²) in [4.78, 5) is 72.9. The lowest BCUT2D eigenvalue weighted by Gasteiger charge is -2.23. The highest BCUT2D eigenvalue weighted by Crippen LogP contribution is 2.17. The molecule has 0 spiro atoms. The lowest BCUT2D eigenvalue weighted by atomic mass is 9.89. The number of nitrogens with one attached hydrogen (secondary N) is 2. The molecule has 0 saturated carbocycles. The largest absolute Gasteiger partial charge is 0.349 e. The molecule has 1 aromatic carbocycles. The van der Waals surface area contributed by atoms with Gasteiger partial charge in [0.25, 0.3) is 0 Å². The summed E-state index contributed by atoms with van der Waals surface area (Å²) in [5.74, 6) is -1.54. The molecule has 0 aliphatic carbocycles. The summed E-state index contributed by atoms with van der Waals surface area (Å²) in [6.45, 7) is 6.59. The van der Waals surface area contributed by atoms with Crippen LogP contribution in [-0.2, 0) is 35.2 Å². The van der Waals surface area contributed by atoms with Gasteiger partial charge in [0.1, 0.15) is 17.3 Å². The fourth-order valence-corrected chi connectivity index (χ4v) is 4.30. The first-order valence-corrected chi connectivity index (χ1v) is 13.3. The van der Waals surface area contributed by atoms with Crippen molar-refractivity contribution in [3.8, 4) is 0 Å². The molecule has 36 heavy (non-hydrogen) atoms. The van der Waals surface area contributed by atoms with Crippen LogP contribution in [0.3, 0.4) is 0 Å². The summed E-state index contributed by atoms with van der Waals surface area (Å²) in [7, 11) is 0. The molecule has 2 N–H and O–H groups in total. The average Bonchev–Trinajstić information content (AvgIpc) is 2.80. The molecule has 1 rings (SSSR count). The number of Topliss-reactive ketones (excluding diaryl/α,β-unsaturated/α-hetero) is 4. The second-order valence-electron chi connectivity index (χ2n) is 9.46. The number of carbonyl (C=O) groups is 6. The number of ketones is 4. The van der Waals surface area contributed by atoms with E-state index in [1.54, 1.807) is 0 Å². The molecule has 0 radical (unpaired) electrons. The van der Waals surface area contributed by atoms with Crippen molar-refractivity contribution in [2.45, 2.75) is 65.8 Å². The highest BCUT2D eigenvalue weighted by Gasteiger charge is 2.28. The van der Waals surface area contributed by atoms with E-state index < -0.39 is 17.9 Å². The van der Waals surface area contributed by atoms with Crippen LogP contribution in [0.4, 0.5) is 0 Å². The lowest BCUT2D eigenvalue weighted by molar-refractivity contribution is -0.132. The van der Waals surface area contributed by atoms with E-state index in [0.717, 1.165) is 5.56 Å². The van der Waals surface area contributed by atoms with Crippen molar-refractivity contribution in [2.75, 3.05) is 18.1 Å². The molecule has 198 valence electrons. The normalized spacial score (nSPS) is 12.5. The summed E-state index contributed by atoms with van der Waals surface area (Å²) < 4.78 is 0. The van der Waals surface area contributed by atoms with Gasteiger partial charge in [0.05, 0.1) is 24.1 Å². The Balaban J connectivity index is 2.81. The zero-order valence-corrected chi connectivity index (χ0v) is 22.4. The van der Waals surface area contributed by atoms with E-state index in [1.807, 2.05) is 44.2 Å². The molecule has 2 atom stereocenters. The van der Waals surface area contributed by atoms with Crippen molar-refractivity contribution in [2.24, 2.45) is 11.8 Å². The smallest absolute Gasteiger partial charge is 0.224 e. The van der Waals surface area contributed by atoms with Crippen molar-refractivity contribution < 1.29 is 28.8 Å². The van der Waals surface area contributed by atoms with Crippen molar-refractivity contribution >= 4 is 46.7 Å². The van der Waals surface area contributed by atoms with Gasteiger partial charge in [0, 0.05) is 25.2 Å². The van der Waals surface area contributed by atoms with Crippen LogP contribution in [0, 0.1) is 11.8 Å². The van der Waals surface area contributed by atoms with Gasteiger partial charge < -0.3 is 10.6 Å². The van der Waals surface area contributed by atoms with Crippen LogP contribution in [0.25, 0.3) is 0 Å². The molecule has 0 fully saturated rings. The highest BCUT2D eigenvalue weighted by molar-refractivity contribution is 8.00. The number of amides is 2. The fraction of sp³-hybridized carbons (Fsp3) is 0.556. The zero-order valence-electron chi connectivity index (χ0n) is 21.6. The molecule has 0 heterocycles. The molecule has 9 heteroatoms. The number of benzene rings is 1. The summed E-state index contributed by atoms with van der Waals surface area (Å²) in [5.41, 5.74) is 0.888. The quantitative estimate of drug-likeness (QED) is 0.306. The molecule has 1 aromatic rings. The molecule has 8 nitrogen and oxygen atoms in total. The van der Waals surface area contributed by atoms with Crippen molar-refractivity contribution in [1.29, 1.82) is 0 Å². The third kappa shape index (κ3) is 13.9. The zero-order chi connectivity index (χ0) is 27.1. The Morgan fingerprint density at radius 1 is 0.889 bits per heavy atom. The van der Waals surface area contributed by atoms with Gasteiger partial charge >= 0.3 is 0 Å². The number of carbonyl (C=O) groups excluding carboxylic acids is 6. The van der Waals surface area contributed by atoms with Crippen LogP contribution >= 0.6 is 11.8 Å². The van der Waals surface area contributed by atoms with Crippen molar-refractivity contribution in [3.63, 3.8) is 0 Å². The third-order valence-electron chi connectivity index (χ3n) is 5.29. The van der Waals surface area contributed by atoms with Crippen LogP contribution in [0.15, 0.2) is 30.3 Å². The van der Waals surface area contributed by atoms with Gasteiger partial charge in [-0.3, -0.25) is 28.8 Å². The SMILES string of the molecule is CC(=O)CNC(=O)C(CC(=O)C(CC(C)C)NC(=O)CCC(=O)CSCC(C)=O)Cc1ccccc1. The van der Waals surface area contributed by atoms with E-state index in [1.165, 1.54) is 25.6 Å². The molecule has 0 aliphatic heterocycles. The monoisotopic (exact) mass is 518 g/mol. The van der Waals surface area contributed by atoms with Crippen LogP contribution in [-0.4, -0.2) is 59.0 Å². The summed E-state index contributed by atoms with van der Waals surface area (Å²) in [6, 6.07) is 8.52. The van der Waals surface area contributed by atoms with Gasteiger partial charge in [-0.15, -0.1) is 11.8 Å². The summed E-state index contributed by atoms with van der Waals surface area (Å²) in [5, 5.41) is 5.34. The Bertz CT molecular complexity index is 916. The first-order valence-electron chi connectivity index (χ1n) is 12.2. The minimum Gasteiger partial charge on any atom is -0.349 e. The van der Waals surface area contributed by atoms with E-state index >= 15 is 0 Å². The molecule has 0 bridgehead atoms. The van der Waals surface area contributed by atoms with Gasteiger partial charge in [-0.1, -0.05) is 44.2 Å². The Kier molecular flexibility index (Phi) is 14.6. The predicted octanol–water partition coefficient (Wildman–Crippen LogP) is 2.71. The van der Waals surface area contributed by atoms with Gasteiger partial charge in [-0.25, -0.2) is 0 Å². The maximum absolute atomic E-state index is 13.2. The topological polar surface area (TPSA) is 126 Å². The number of hydrogen-bond donors (Lipinski definition) is 2. The number of hydrogen-bond acceptors (Lipinski definition) is 7. The maximum atomic E-state index is 13.2. The molecular formula is C27H38N2O6S. The molecule has 0 aliphatic rings. The second-order valence-corrected chi connectivity index (χ2v) is 10.4. The van der Waals surface area contributed by atoms with E-state index in [0.29, 0.717) is 12.8 Å². The summed E-state index contributed by atoms with van der Waals surface area (Å²) in [6.07, 6.45) is 0.624. The van der Waals surface area contributed by atoms with E-state index in [4.69, 9.17) is 0 Å². The minimum absolute atomic E-state index is 0.0128. The van der Waals surface area contributed by atoms with Gasteiger partial charge in [-0.05, 0) is 38.2 Å². The van der Waals surface area contributed by atoms with Gasteiger partial charge in [-0.2, -0.15) is 0 Å². The Morgan fingerprint density at radius 3 is 2.14 bits per heavy atom. The minimum atomic E-state index is -0.779. The van der Waals surface area contributed by atoms with Crippen LogP contribution in [0.2, 0.25) is 0 Å². The molecule has 2 amide bonds. The lowest BCUT2D eigenvalue weighted by Crippen LogP contribution is -2.44. The molecular weight excluding hydrogens is 480 g/mol. The number of rotatable bonds is 18. The van der Waals surface area contributed by atoms with Crippen LogP contribution in [0.1, 0.15) is 58.9 Å². The van der Waals surface area contributed by atoms with E-state index in [-0.39, 0.29) is 72.3 Å². The predicted molar refractivity (Wildman–Crippen MR) is 141 cm³/mol. The Morgan fingerprint density at radius 2 is 1.56 bits per heavy atom. The standard InChI is InChI=1S/C27H38N2O6S/c1-18(2)12-24(29-26(34)11-10-23(32)17-36-16-20(4)31)25(33)14-22(27(35)28-15-19(3)30)13-21-8-6-5-7-9-21/h5-9,18,22,24H,10-17H2,1-4H3,(H,28,35)(H,29,34).